The highest BCUT2D eigenvalue weighted by Gasteiger charge is 2.34. The lowest BCUT2D eigenvalue weighted by atomic mass is 10.1. The summed E-state index contributed by atoms with van der Waals surface area (Å²) in [6.45, 7) is 7.31. The molecule has 4 nitrogen and oxygen atoms in total. The molecule has 1 heterocycles. The number of hydrogen-bond acceptors (Lipinski definition) is 2. The van der Waals surface area contributed by atoms with Crippen LogP contribution < -0.4 is 5.32 Å². The summed E-state index contributed by atoms with van der Waals surface area (Å²) in [4.78, 5) is 6.75. The van der Waals surface area contributed by atoms with E-state index >= 15 is 0 Å². The first-order valence-corrected chi connectivity index (χ1v) is 6.84. The first-order chi connectivity index (χ1) is 8.24. The van der Waals surface area contributed by atoms with Crippen molar-refractivity contribution in [2.24, 2.45) is 10.9 Å². The van der Waals surface area contributed by atoms with Crippen LogP contribution in [-0.4, -0.2) is 49.7 Å². The minimum Gasteiger partial charge on any atom is -0.378 e. The van der Waals surface area contributed by atoms with Crippen LogP contribution in [0.4, 0.5) is 0 Å². The van der Waals surface area contributed by atoms with Crippen LogP contribution in [0.25, 0.3) is 0 Å². The number of ether oxygens (including phenoxy) is 1. The topological polar surface area (TPSA) is 36.9 Å². The van der Waals surface area contributed by atoms with Gasteiger partial charge in [-0.25, -0.2) is 0 Å². The normalized spacial score (nSPS) is 30.5. The molecule has 2 fully saturated rings. The zero-order chi connectivity index (χ0) is 12.3. The smallest absolute Gasteiger partial charge is 0.193 e. The van der Waals surface area contributed by atoms with Crippen LogP contribution in [0.15, 0.2) is 4.99 Å². The summed E-state index contributed by atoms with van der Waals surface area (Å²) in [6.07, 6.45) is 3.98. The lowest BCUT2D eigenvalue weighted by Gasteiger charge is -2.34. The van der Waals surface area contributed by atoms with Gasteiger partial charge in [0, 0.05) is 32.8 Å². The summed E-state index contributed by atoms with van der Waals surface area (Å²) >= 11 is 0. The first kappa shape index (κ1) is 12.7. The van der Waals surface area contributed by atoms with Gasteiger partial charge in [-0.15, -0.1) is 0 Å². The van der Waals surface area contributed by atoms with Gasteiger partial charge in [0.25, 0.3) is 0 Å². The van der Waals surface area contributed by atoms with Crippen molar-refractivity contribution in [1.82, 2.24) is 10.2 Å². The molecule has 1 N–H and O–H groups in total. The highest BCUT2D eigenvalue weighted by Crippen LogP contribution is 2.29. The van der Waals surface area contributed by atoms with Crippen LogP contribution in [0.3, 0.4) is 0 Å². The van der Waals surface area contributed by atoms with E-state index in [9.17, 15) is 0 Å². The predicted molar refractivity (Wildman–Crippen MR) is 70.3 cm³/mol. The average molecular weight is 239 g/mol. The number of piperidine rings is 1. The first-order valence-electron chi connectivity index (χ1n) is 6.84. The average Bonchev–Trinajstić information content (AvgIpc) is 3.04. The fourth-order valence-electron chi connectivity index (χ4n) is 2.46. The fourth-order valence-corrected chi connectivity index (χ4v) is 2.46. The van der Waals surface area contributed by atoms with Gasteiger partial charge in [0.15, 0.2) is 5.96 Å². The van der Waals surface area contributed by atoms with Crippen molar-refractivity contribution >= 4 is 5.96 Å². The summed E-state index contributed by atoms with van der Waals surface area (Å²) < 4.78 is 5.67. The molecule has 1 aliphatic heterocycles. The van der Waals surface area contributed by atoms with Crippen LogP contribution in [0, 0.1) is 5.92 Å². The number of nitrogens with one attached hydrogen (secondary N) is 1. The van der Waals surface area contributed by atoms with E-state index in [1.807, 2.05) is 7.05 Å². The van der Waals surface area contributed by atoms with Gasteiger partial charge in [-0.1, -0.05) is 6.92 Å². The molecule has 2 atom stereocenters. The number of aliphatic imine (C=N–C) groups is 1. The number of guanidine groups is 1. The van der Waals surface area contributed by atoms with E-state index in [1.165, 1.54) is 6.42 Å². The molecular formula is C13H25N3O. The van der Waals surface area contributed by atoms with Crippen molar-refractivity contribution in [2.75, 3.05) is 26.7 Å². The lowest BCUT2D eigenvalue weighted by Crippen LogP contribution is -2.47. The van der Waals surface area contributed by atoms with Crippen molar-refractivity contribution in [3.8, 4) is 0 Å². The van der Waals surface area contributed by atoms with Gasteiger partial charge in [-0.3, -0.25) is 4.99 Å². The summed E-state index contributed by atoms with van der Waals surface area (Å²) in [5.74, 6) is 1.89. The van der Waals surface area contributed by atoms with E-state index in [0.717, 1.165) is 44.4 Å². The molecule has 1 aliphatic carbocycles. The van der Waals surface area contributed by atoms with E-state index in [-0.39, 0.29) is 0 Å². The number of likely N-dealkylation sites (tertiary alicyclic amines) is 1. The molecule has 0 aromatic carbocycles. The van der Waals surface area contributed by atoms with Gasteiger partial charge >= 0.3 is 0 Å². The SMILES string of the molecule is CCOC1CCN(C(=NC)NC2CC2C)CC1. The zero-order valence-corrected chi connectivity index (χ0v) is 11.3. The second-order valence-electron chi connectivity index (χ2n) is 5.15. The maximum Gasteiger partial charge on any atom is 0.193 e. The molecule has 0 amide bonds. The molecule has 2 unspecified atom stereocenters. The Morgan fingerprint density at radius 1 is 1.41 bits per heavy atom. The quantitative estimate of drug-likeness (QED) is 0.598. The molecule has 0 spiro atoms. The second-order valence-corrected chi connectivity index (χ2v) is 5.15. The maximum absolute atomic E-state index is 5.67. The summed E-state index contributed by atoms with van der Waals surface area (Å²) in [5.41, 5.74) is 0. The lowest BCUT2D eigenvalue weighted by molar-refractivity contribution is 0.0263. The Labute approximate surface area is 104 Å². The Morgan fingerprint density at radius 2 is 2.06 bits per heavy atom. The monoisotopic (exact) mass is 239 g/mol. The van der Waals surface area contributed by atoms with Gasteiger partial charge < -0.3 is 15.0 Å². The van der Waals surface area contributed by atoms with Crippen molar-refractivity contribution < 1.29 is 4.74 Å². The minimum atomic E-state index is 0.453. The largest absolute Gasteiger partial charge is 0.378 e. The van der Waals surface area contributed by atoms with Gasteiger partial charge in [-0.2, -0.15) is 0 Å². The molecule has 2 aliphatic rings. The Kier molecular flexibility index (Phi) is 4.26. The van der Waals surface area contributed by atoms with Gasteiger partial charge in [0.1, 0.15) is 0 Å². The zero-order valence-electron chi connectivity index (χ0n) is 11.3. The van der Waals surface area contributed by atoms with Crippen molar-refractivity contribution in [1.29, 1.82) is 0 Å². The highest BCUT2D eigenvalue weighted by atomic mass is 16.5. The highest BCUT2D eigenvalue weighted by molar-refractivity contribution is 5.80. The third-order valence-electron chi connectivity index (χ3n) is 3.78. The molecule has 0 radical (unpaired) electrons. The van der Waals surface area contributed by atoms with E-state index in [1.54, 1.807) is 0 Å². The Hall–Kier alpha value is -0.770. The van der Waals surface area contributed by atoms with E-state index in [4.69, 9.17) is 4.74 Å². The third kappa shape index (κ3) is 3.35. The molecule has 4 heteroatoms. The van der Waals surface area contributed by atoms with E-state index < -0.39 is 0 Å². The minimum absolute atomic E-state index is 0.453. The molecule has 0 bridgehead atoms. The van der Waals surface area contributed by atoms with Gasteiger partial charge in [-0.05, 0) is 32.1 Å². The van der Waals surface area contributed by atoms with Crippen LogP contribution in [0.1, 0.15) is 33.1 Å². The van der Waals surface area contributed by atoms with Crippen LogP contribution in [-0.2, 0) is 4.74 Å². The van der Waals surface area contributed by atoms with Gasteiger partial charge in [0.05, 0.1) is 6.10 Å². The van der Waals surface area contributed by atoms with E-state index in [2.05, 4.69) is 29.1 Å². The number of nitrogens with zero attached hydrogens (tertiary/aromatic N) is 2. The molecule has 17 heavy (non-hydrogen) atoms. The number of rotatable bonds is 3. The van der Waals surface area contributed by atoms with Crippen molar-refractivity contribution in [2.45, 2.75) is 45.3 Å². The second kappa shape index (κ2) is 5.71. The maximum atomic E-state index is 5.67. The molecule has 1 saturated carbocycles. The Morgan fingerprint density at radius 3 is 2.53 bits per heavy atom. The predicted octanol–water partition coefficient (Wildman–Crippen LogP) is 1.47. The summed E-state index contributed by atoms with van der Waals surface area (Å²) in [5, 5.41) is 3.54. The standard InChI is InChI=1S/C13H25N3O/c1-4-17-11-5-7-16(8-6-11)13(14-3)15-12-9-10(12)2/h10-12H,4-9H2,1-3H3,(H,14,15). The summed E-state index contributed by atoms with van der Waals surface area (Å²) in [6, 6.07) is 0.651. The van der Waals surface area contributed by atoms with Crippen molar-refractivity contribution in [3.63, 3.8) is 0 Å². The molecule has 98 valence electrons. The molecule has 1 saturated heterocycles. The van der Waals surface area contributed by atoms with Crippen LogP contribution >= 0.6 is 0 Å². The fraction of sp³-hybridized carbons (Fsp3) is 0.923. The van der Waals surface area contributed by atoms with Crippen LogP contribution in [0.5, 0.6) is 0 Å². The molecule has 2 rings (SSSR count). The summed E-state index contributed by atoms with van der Waals surface area (Å²) in [7, 11) is 1.88. The molecule has 0 aromatic heterocycles. The molecular weight excluding hydrogens is 214 g/mol. The molecule has 0 aromatic rings. The van der Waals surface area contributed by atoms with Crippen molar-refractivity contribution in [3.05, 3.63) is 0 Å². The Bertz CT molecular complexity index is 272. The third-order valence-corrected chi connectivity index (χ3v) is 3.78. The Balaban J connectivity index is 1.78. The van der Waals surface area contributed by atoms with Crippen LogP contribution in [0.2, 0.25) is 0 Å². The number of hydrogen-bond donors (Lipinski definition) is 1. The van der Waals surface area contributed by atoms with Gasteiger partial charge in [0.2, 0.25) is 0 Å². The van der Waals surface area contributed by atoms with E-state index in [0.29, 0.717) is 12.1 Å².